The second-order valence-electron chi connectivity index (χ2n) is 4.91. The maximum absolute atomic E-state index is 12.0. The Labute approximate surface area is 141 Å². The molecule has 0 saturated carbocycles. The van der Waals surface area contributed by atoms with Crippen molar-refractivity contribution < 1.29 is 9.53 Å². The van der Waals surface area contributed by atoms with Gasteiger partial charge in [-0.05, 0) is 39.7 Å². The van der Waals surface area contributed by atoms with Crippen LogP contribution in [0.1, 0.15) is 15.2 Å². The number of hydrogen-bond donors (Lipinski definition) is 1. The van der Waals surface area contributed by atoms with Gasteiger partial charge in [0.25, 0.3) is 5.91 Å². The predicted molar refractivity (Wildman–Crippen MR) is 90.5 cm³/mol. The van der Waals surface area contributed by atoms with E-state index in [-0.39, 0.29) is 5.91 Å². The molecule has 22 heavy (non-hydrogen) atoms. The number of carbonyl (C=O) groups excluding carboxylic acids is 1. The maximum atomic E-state index is 12.0. The van der Waals surface area contributed by atoms with Crippen molar-refractivity contribution >= 4 is 39.0 Å². The average Bonchev–Trinajstić information content (AvgIpc) is 3.00. The lowest BCUT2D eigenvalue weighted by Crippen LogP contribution is -2.36. The molecule has 0 bridgehead atoms. The lowest BCUT2D eigenvalue weighted by atomic mass is 10.2. The predicted octanol–water partition coefficient (Wildman–Crippen LogP) is 2.67. The van der Waals surface area contributed by atoms with Crippen LogP contribution in [0.25, 0.3) is 0 Å². The van der Waals surface area contributed by atoms with Gasteiger partial charge in [0.2, 0.25) is 0 Å². The van der Waals surface area contributed by atoms with Gasteiger partial charge in [-0.3, -0.25) is 4.79 Å². The van der Waals surface area contributed by atoms with E-state index in [2.05, 4.69) is 31.1 Å². The van der Waals surface area contributed by atoms with Crippen LogP contribution in [-0.2, 0) is 11.3 Å². The Morgan fingerprint density at radius 2 is 2.14 bits per heavy atom. The van der Waals surface area contributed by atoms with Crippen LogP contribution in [0, 0.1) is 0 Å². The molecule has 1 saturated heterocycles. The summed E-state index contributed by atoms with van der Waals surface area (Å²) >= 11 is 4.78. The standard InChI is InChI=1S/C15H16BrN3O2S/c16-13-3-2-12(22-13)15(20)18-10-11-1-4-14(17-9-11)19-5-7-21-8-6-19/h1-4,9H,5-8,10H2,(H,18,20). The zero-order valence-electron chi connectivity index (χ0n) is 11.9. The van der Waals surface area contributed by atoms with Gasteiger partial charge in [0.05, 0.1) is 21.9 Å². The number of rotatable bonds is 4. The van der Waals surface area contributed by atoms with E-state index in [4.69, 9.17) is 4.74 Å². The van der Waals surface area contributed by atoms with Crippen LogP contribution in [0.15, 0.2) is 34.2 Å². The van der Waals surface area contributed by atoms with Crippen molar-refractivity contribution in [3.05, 3.63) is 44.7 Å². The van der Waals surface area contributed by atoms with Gasteiger partial charge in [0.1, 0.15) is 5.82 Å². The molecule has 0 aliphatic carbocycles. The molecule has 2 aromatic rings. The number of hydrogen-bond acceptors (Lipinski definition) is 5. The molecule has 3 rings (SSSR count). The first-order chi connectivity index (χ1) is 10.7. The number of halogens is 1. The zero-order chi connectivity index (χ0) is 15.4. The summed E-state index contributed by atoms with van der Waals surface area (Å²) in [4.78, 5) is 19.4. The number of thiophene rings is 1. The Morgan fingerprint density at radius 1 is 1.32 bits per heavy atom. The molecule has 3 heterocycles. The third-order valence-corrected chi connectivity index (χ3v) is 5.02. The summed E-state index contributed by atoms with van der Waals surface area (Å²) in [6.45, 7) is 3.71. The molecular weight excluding hydrogens is 366 g/mol. The summed E-state index contributed by atoms with van der Waals surface area (Å²) in [6.07, 6.45) is 1.81. The summed E-state index contributed by atoms with van der Waals surface area (Å²) in [5, 5.41) is 2.90. The van der Waals surface area contributed by atoms with Crippen molar-refractivity contribution in [3.63, 3.8) is 0 Å². The van der Waals surface area contributed by atoms with Crippen molar-refractivity contribution in [2.24, 2.45) is 0 Å². The molecule has 0 atom stereocenters. The largest absolute Gasteiger partial charge is 0.378 e. The third kappa shape index (κ3) is 3.85. The minimum Gasteiger partial charge on any atom is -0.378 e. The van der Waals surface area contributed by atoms with Crippen LogP contribution < -0.4 is 10.2 Å². The minimum atomic E-state index is -0.0621. The van der Waals surface area contributed by atoms with Gasteiger partial charge >= 0.3 is 0 Å². The van der Waals surface area contributed by atoms with Crippen molar-refractivity contribution in [1.82, 2.24) is 10.3 Å². The molecule has 0 unspecified atom stereocenters. The van der Waals surface area contributed by atoms with Gasteiger partial charge in [0.15, 0.2) is 0 Å². The van der Waals surface area contributed by atoms with Gasteiger partial charge in [0, 0.05) is 25.8 Å². The van der Waals surface area contributed by atoms with Crippen molar-refractivity contribution in [2.45, 2.75) is 6.54 Å². The van der Waals surface area contributed by atoms with Crippen LogP contribution in [0.4, 0.5) is 5.82 Å². The zero-order valence-corrected chi connectivity index (χ0v) is 14.3. The Balaban J connectivity index is 1.55. The Hall–Kier alpha value is -1.44. The molecule has 0 aromatic carbocycles. The van der Waals surface area contributed by atoms with E-state index in [0.717, 1.165) is 41.5 Å². The topological polar surface area (TPSA) is 54.5 Å². The molecular formula is C15H16BrN3O2S. The first-order valence-electron chi connectivity index (χ1n) is 7.03. The summed E-state index contributed by atoms with van der Waals surface area (Å²) in [6, 6.07) is 7.68. The first-order valence-corrected chi connectivity index (χ1v) is 8.64. The number of anilines is 1. The van der Waals surface area contributed by atoms with E-state index < -0.39 is 0 Å². The van der Waals surface area contributed by atoms with Crippen LogP contribution in [0.2, 0.25) is 0 Å². The first kappa shape index (κ1) is 15.5. The van der Waals surface area contributed by atoms with E-state index in [1.807, 2.05) is 30.5 Å². The number of ether oxygens (including phenoxy) is 1. The van der Waals surface area contributed by atoms with Gasteiger partial charge in [-0.1, -0.05) is 6.07 Å². The number of morpholine rings is 1. The van der Waals surface area contributed by atoms with Gasteiger partial charge in [-0.2, -0.15) is 0 Å². The number of carbonyl (C=O) groups is 1. The second-order valence-corrected chi connectivity index (χ2v) is 7.37. The molecule has 1 aliphatic rings. The van der Waals surface area contributed by atoms with E-state index in [1.54, 1.807) is 0 Å². The average molecular weight is 382 g/mol. The fourth-order valence-corrected chi connectivity index (χ4v) is 3.51. The van der Waals surface area contributed by atoms with Crippen LogP contribution in [0.3, 0.4) is 0 Å². The molecule has 2 aromatic heterocycles. The summed E-state index contributed by atoms with van der Waals surface area (Å²) in [5.74, 6) is 0.897. The number of amides is 1. The molecule has 1 fully saturated rings. The van der Waals surface area contributed by atoms with Gasteiger partial charge < -0.3 is 15.0 Å². The van der Waals surface area contributed by atoms with Crippen LogP contribution in [-0.4, -0.2) is 37.2 Å². The van der Waals surface area contributed by atoms with E-state index >= 15 is 0 Å². The summed E-state index contributed by atoms with van der Waals surface area (Å²) < 4.78 is 6.29. The van der Waals surface area contributed by atoms with Crippen molar-refractivity contribution in [3.8, 4) is 0 Å². The van der Waals surface area contributed by atoms with Crippen molar-refractivity contribution in [1.29, 1.82) is 0 Å². The highest BCUT2D eigenvalue weighted by Gasteiger charge is 2.12. The molecule has 1 N–H and O–H groups in total. The highest BCUT2D eigenvalue weighted by Crippen LogP contribution is 2.22. The lowest BCUT2D eigenvalue weighted by Gasteiger charge is -2.27. The van der Waals surface area contributed by atoms with E-state index in [0.29, 0.717) is 11.4 Å². The summed E-state index contributed by atoms with van der Waals surface area (Å²) in [7, 11) is 0. The third-order valence-electron chi connectivity index (χ3n) is 3.39. The monoisotopic (exact) mass is 381 g/mol. The smallest absolute Gasteiger partial charge is 0.261 e. The quantitative estimate of drug-likeness (QED) is 0.884. The van der Waals surface area contributed by atoms with Crippen molar-refractivity contribution in [2.75, 3.05) is 31.2 Å². The van der Waals surface area contributed by atoms with E-state index in [9.17, 15) is 4.79 Å². The molecule has 116 valence electrons. The number of nitrogens with zero attached hydrogens (tertiary/aromatic N) is 2. The molecule has 7 heteroatoms. The fraction of sp³-hybridized carbons (Fsp3) is 0.333. The Kier molecular flexibility index (Phi) is 5.07. The highest BCUT2D eigenvalue weighted by molar-refractivity contribution is 9.11. The maximum Gasteiger partial charge on any atom is 0.261 e. The Bertz CT molecular complexity index is 638. The van der Waals surface area contributed by atoms with Gasteiger partial charge in [-0.15, -0.1) is 11.3 Å². The summed E-state index contributed by atoms with van der Waals surface area (Å²) in [5.41, 5.74) is 0.987. The molecule has 0 radical (unpaired) electrons. The Morgan fingerprint density at radius 3 is 2.77 bits per heavy atom. The SMILES string of the molecule is O=C(NCc1ccc(N2CCOCC2)nc1)c1ccc(Br)s1. The lowest BCUT2D eigenvalue weighted by molar-refractivity contribution is 0.0955. The van der Waals surface area contributed by atoms with Crippen LogP contribution in [0.5, 0.6) is 0 Å². The molecule has 1 aliphatic heterocycles. The number of aromatic nitrogens is 1. The van der Waals surface area contributed by atoms with E-state index in [1.165, 1.54) is 11.3 Å². The highest BCUT2D eigenvalue weighted by atomic mass is 79.9. The van der Waals surface area contributed by atoms with Crippen LogP contribution >= 0.6 is 27.3 Å². The molecule has 0 spiro atoms. The normalized spacial score (nSPS) is 14.9. The minimum absolute atomic E-state index is 0.0621. The van der Waals surface area contributed by atoms with Gasteiger partial charge in [-0.25, -0.2) is 4.98 Å². The number of nitrogens with one attached hydrogen (secondary N) is 1. The fourth-order valence-electron chi connectivity index (χ4n) is 2.21. The molecule has 1 amide bonds. The second kappa shape index (κ2) is 7.21. The molecule has 5 nitrogen and oxygen atoms in total. The number of pyridine rings is 1.